The molecule has 7 heteroatoms. The molecule has 1 atom stereocenters. The molecule has 0 amide bonds. The SMILES string of the molecule is COc1ccc([C@@H]2CC(=O)c3cnc(Nc4nc(C)c5ccccc5n4)nc3C2)cc1. The van der Waals surface area contributed by atoms with Gasteiger partial charge in [0.1, 0.15) is 5.75 Å². The molecule has 1 N–H and O–H groups in total. The van der Waals surface area contributed by atoms with Crippen molar-refractivity contribution in [1.82, 2.24) is 19.9 Å². The van der Waals surface area contributed by atoms with Crippen LogP contribution in [-0.2, 0) is 6.42 Å². The Bertz CT molecular complexity index is 1290. The number of hydrogen-bond donors (Lipinski definition) is 1. The molecule has 1 aliphatic carbocycles. The Morgan fingerprint density at radius 2 is 1.77 bits per heavy atom. The van der Waals surface area contributed by atoms with Crippen LogP contribution in [0.15, 0.2) is 54.7 Å². The highest BCUT2D eigenvalue weighted by Gasteiger charge is 2.28. The summed E-state index contributed by atoms with van der Waals surface area (Å²) in [6.45, 7) is 1.95. The molecule has 0 unspecified atom stereocenters. The molecular formula is C24H21N5O2. The van der Waals surface area contributed by atoms with Gasteiger partial charge in [-0.25, -0.2) is 19.9 Å². The lowest BCUT2D eigenvalue weighted by Crippen LogP contribution is -2.21. The molecule has 154 valence electrons. The van der Waals surface area contributed by atoms with Gasteiger partial charge in [0.2, 0.25) is 11.9 Å². The molecule has 7 nitrogen and oxygen atoms in total. The minimum absolute atomic E-state index is 0.0615. The lowest BCUT2D eigenvalue weighted by atomic mass is 9.82. The van der Waals surface area contributed by atoms with Gasteiger partial charge in [-0.1, -0.05) is 30.3 Å². The van der Waals surface area contributed by atoms with Gasteiger partial charge in [0.15, 0.2) is 5.78 Å². The number of para-hydroxylation sites is 1. The van der Waals surface area contributed by atoms with Crippen LogP contribution in [0.3, 0.4) is 0 Å². The monoisotopic (exact) mass is 411 g/mol. The number of Topliss-reactive ketones (excluding diaryl/α,β-unsaturated/α-hetero) is 1. The van der Waals surface area contributed by atoms with Crippen molar-refractivity contribution in [3.63, 3.8) is 0 Å². The minimum atomic E-state index is 0.0615. The maximum Gasteiger partial charge on any atom is 0.230 e. The van der Waals surface area contributed by atoms with E-state index in [0.29, 0.717) is 30.3 Å². The van der Waals surface area contributed by atoms with E-state index in [9.17, 15) is 4.79 Å². The van der Waals surface area contributed by atoms with Crippen molar-refractivity contribution in [1.29, 1.82) is 0 Å². The number of anilines is 2. The molecule has 0 aliphatic heterocycles. The van der Waals surface area contributed by atoms with Crippen LogP contribution in [0.4, 0.5) is 11.9 Å². The lowest BCUT2D eigenvalue weighted by molar-refractivity contribution is 0.0962. The number of methoxy groups -OCH3 is 1. The second-order valence-corrected chi connectivity index (χ2v) is 7.63. The lowest BCUT2D eigenvalue weighted by Gasteiger charge is -2.23. The number of fused-ring (bicyclic) bond motifs is 2. The van der Waals surface area contributed by atoms with Crippen LogP contribution in [0.25, 0.3) is 10.9 Å². The van der Waals surface area contributed by atoms with Gasteiger partial charge in [-0.05, 0) is 43.0 Å². The number of benzene rings is 2. The van der Waals surface area contributed by atoms with Gasteiger partial charge < -0.3 is 4.74 Å². The van der Waals surface area contributed by atoms with Gasteiger partial charge in [0.25, 0.3) is 0 Å². The molecule has 2 aromatic heterocycles. The average molecular weight is 411 g/mol. The highest BCUT2D eigenvalue weighted by Crippen LogP contribution is 2.33. The van der Waals surface area contributed by atoms with Crippen LogP contribution in [-0.4, -0.2) is 32.8 Å². The molecule has 31 heavy (non-hydrogen) atoms. The first-order valence-electron chi connectivity index (χ1n) is 10.1. The van der Waals surface area contributed by atoms with E-state index in [1.165, 1.54) is 0 Å². The number of aryl methyl sites for hydroxylation is 1. The third kappa shape index (κ3) is 3.70. The summed E-state index contributed by atoms with van der Waals surface area (Å²) in [5.41, 5.74) is 4.16. The number of rotatable bonds is 4. The molecule has 0 saturated heterocycles. The fourth-order valence-electron chi connectivity index (χ4n) is 4.01. The second kappa shape index (κ2) is 7.75. The quantitative estimate of drug-likeness (QED) is 0.532. The van der Waals surface area contributed by atoms with Crippen molar-refractivity contribution >= 4 is 28.6 Å². The summed E-state index contributed by atoms with van der Waals surface area (Å²) in [6.07, 6.45) is 2.72. The topological polar surface area (TPSA) is 89.9 Å². The zero-order valence-electron chi connectivity index (χ0n) is 17.3. The van der Waals surface area contributed by atoms with Gasteiger partial charge in [-0.2, -0.15) is 0 Å². The van der Waals surface area contributed by atoms with Crippen LogP contribution in [0.2, 0.25) is 0 Å². The Hall–Kier alpha value is -3.87. The normalized spacial score (nSPS) is 15.5. The minimum Gasteiger partial charge on any atom is -0.497 e. The van der Waals surface area contributed by atoms with Crippen molar-refractivity contribution in [2.45, 2.75) is 25.7 Å². The smallest absolute Gasteiger partial charge is 0.230 e. The number of carbonyl (C=O) groups is 1. The fourth-order valence-corrected chi connectivity index (χ4v) is 4.01. The molecule has 0 radical (unpaired) electrons. The molecule has 0 fully saturated rings. The standard InChI is InChI=1S/C24H21N5O2/c1-14-18-5-3-4-6-20(18)27-24(26-14)29-23-25-13-19-21(28-23)11-16(12-22(19)30)15-7-9-17(31-2)10-8-15/h3-10,13,16H,11-12H2,1-2H3,(H,25,26,27,28,29)/t16-/m0/s1. The Labute approximate surface area is 179 Å². The largest absolute Gasteiger partial charge is 0.497 e. The number of nitrogens with one attached hydrogen (secondary N) is 1. The summed E-state index contributed by atoms with van der Waals surface area (Å²) in [6, 6.07) is 15.7. The number of ketones is 1. The third-order valence-electron chi connectivity index (χ3n) is 5.64. The molecule has 5 rings (SSSR count). The molecular weight excluding hydrogens is 390 g/mol. The summed E-state index contributed by atoms with van der Waals surface area (Å²) < 4.78 is 5.23. The Balaban J connectivity index is 1.43. The molecule has 0 saturated carbocycles. The first-order valence-corrected chi connectivity index (χ1v) is 10.1. The molecule has 0 spiro atoms. The predicted octanol–water partition coefficient (Wildman–Crippen LogP) is 4.39. The number of carbonyl (C=O) groups excluding carboxylic acids is 1. The van der Waals surface area contributed by atoms with Crippen LogP contribution < -0.4 is 10.1 Å². The van der Waals surface area contributed by atoms with Gasteiger partial charge in [-0.15, -0.1) is 0 Å². The van der Waals surface area contributed by atoms with Gasteiger partial charge in [-0.3, -0.25) is 10.1 Å². The van der Waals surface area contributed by atoms with Crippen molar-refractivity contribution in [2.24, 2.45) is 0 Å². The average Bonchev–Trinajstić information content (AvgIpc) is 2.79. The van der Waals surface area contributed by atoms with E-state index < -0.39 is 0 Å². The number of aromatic nitrogens is 4. The van der Waals surface area contributed by atoms with E-state index in [0.717, 1.165) is 33.6 Å². The summed E-state index contributed by atoms with van der Waals surface area (Å²) >= 11 is 0. The Morgan fingerprint density at radius 3 is 2.58 bits per heavy atom. The van der Waals surface area contributed by atoms with Gasteiger partial charge in [0, 0.05) is 18.0 Å². The van der Waals surface area contributed by atoms with Crippen molar-refractivity contribution in [2.75, 3.05) is 12.4 Å². The predicted molar refractivity (Wildman–Crippen MR) is 118 cm³/mol. The zero-order chi connectivity index (χ0) is 21.4. The molecule has 0 bridgehead atoms. The fraction of sp³-hybridized carbons (Fsp3) is 0.208. The van der Waals surface area contributed by atoms with Crippen molar-refractivity contribution in [3.8, 4) is 5.75 Å². The number of ether oxygens (including phenoxy) is 1. The van der Waals surface area contributed by atoms with E-state index in [1.54, 1.807) is 13.3 Å². The van der Waals surface area contributed by atoms with Crippen LogP contribution in [0.1, 0.15) is 39.6 Å². The van der Waals surface area contributed by atoms with Crippen LogP contribution in [0, 0.1) is 6.92 Å². The van der Waals surface area contributed by atoms with E-state index >= 15 is 0 Å². The summed E-state index contributed by atoms with van der Waals surface area (Å²) in [4.78, 5) is 30.7. The molecule has 4 aromatic rings. The zero-order valence-corrected chi connectivity index (χ0v) is 17.3. The van der Waals surface area contributed by atoms with Crippen molar-refractivity contribution in [3.05, 3.63) is 77.2 Å². The highest BCUT2D eigenvalue weighted by molar-refractivity contribution is 5.98. The maximum absolute atomic E-state index is 12.7. The summed E-state index contributed by atoms with van der Waals surface area (Å²) in [7, 11) is 1.64. The van der Waals surface area contributed by atoms with Crippen LogP contribution in [0.5, 0.6) is 5.75 Å². The number of hydrogen-bond acceptors (Lipinski definition) is 7. The van der Waals surface area contributed by atoms with E-state index in [4.69, 9.17) is 4.74 Å². The molecule has 2 aromatic carbocycles. The van der Waals surface area contributed by atoms with Crippen LogP contribution >= 0.6 is 0 Å². The Kier molecular flexibility index (Phi) is 4.78. The van der Waals surface area contributed by atoms with Gasteiger partial charge >= 0.3 is 0 Å². The first kappa shape index (κ1) is 19.1. The highest BCUT2D eigenvalue weighted by atomic mass is 16.5. The Morgan fingerprint density at radius 1 is 0.968 bits per heavy atom. The molecule has 1 aliphatic rings. The number of nitrogens with zero attached hydrogens (tertiary/aromatic N) is 4. The summed E-state index contributed by atoms with van der Waals surface area (Å²) in [5, 5.41) is 4.11. The van der Waals surface area contributed by atoms with E-state index in [2.05, 4.69) is 25.3 Å². The maximum atomic E-state index is 12.7. The summed E-state index contributed by atoms with van der Waals surface area (Å²) in [5.74, 6) is 1.76. The second-order valence-electron chi connectivity index (χ2n) is 7.63. The molecule has 2 heterocycles. The van der Waals surface area contributed by atoms with E-state index in [1.807, 2.05) is 55.5 Å². The first-order chi connectivity index (χ1) is 15.1. The van der Waals surface area contributed by atoms with E-state index in [-0.39, 0.29) is 11.7 Å². The third-order valence-corrected chi connectivity index (χ3v) is 5.64. The van der Waals surface area contributed by atoms with Crippen molar-refractivity contribution < 1.29 is 9.53 Å². The van der Waals surface area contributed by atoms with Gasteiger partial charge in [0.05, 0.1) is 29.6 Å².